The molecule has 4 N–H and O–H groups in total. The van der Waals surface area contributed by atoms with Crippen LogP contribution >= 0.6 is 0 Å². The van der Waals surface area contributed by atoms with E-state index in [0.29, 0.717) is 58.2 Å². The number of rotatable bonds is 2. The Balaban J connectivity index is 1.99. The molecule has 1 aliphatic rings. The smallest absolute Gasteiger partial charge is 0.166 e. The van der Waals surface area contributed by atoms with Crippen LogP contribution in [0.15, 0.2) is 42.2 Å². The largest absolute Gasteiger partial charge is 0.482 e. The van der Waals surface area contributed by atoms with Crippen molar-refractivity contribution in [2.75, 3.05) is 11.1 Å². The summed E-state index contributed by atoms with van der Waals surface area (Å²) in [6.07, 6.45) is 4.13. The third-order valence-electron chi connectivity index (χ3n) is 5.29. The molecule has 8 nitrogen and oxygen atoms in total. The van der Waals surface area contributed by atoms with E-state index < -0.39 is 11.9 Å². The Morgan fingerprint density at radius 2 is 2.25 bits per heavy atom. The SMILES string of the molecule is CCn1nc2c(c1C#N)-c1cnc(N)c(c1)O[C@H](C)c1cc(F)ccc1N/C(=C\C=N)C2. The molecule has 3 heterocycles. The molecule has 0 spiro atoms. The maximum absolute atomic E-state index is 14.1. The number of aromatic nitrogens is 3. The van der Waals surface area contributed by atoms with Gasteiger partial charge in [0.05, 0.1) is 5.69 Å². The van der Waals surface area contributed by atoms with E-state index in [1.165, 1.54) is 18.3 Å². The second kappa shape index (κ2) is 8.51. The summed E-state index contributed by atoms with van der Waals surface area (Å²) in [6.45, 7) is 4.21. The van der Waals surface area contributed by atoms with E-state index in [1.807, 2.05) is 6.92 Å². The second-order valence-corrected chi connectivity index (χ2v) is 7.36. The first-order valence-corrected chi connectivity index (χ1v) is 10.1. The minimum atomic E-state index is -0.554. The van der Waals surface area contributed by atoms with Gasteiger partial charge in [-0.1, -0.05) is 0 Å². The highest BCUT2D eigenvalue weighted by molar-refractivity contribution is 5.76. The minimum Gasteiger partial charge on any atom is -0.482 e. The molecule has 4 rings (SSSR count). The van der Waals surface area contributed by atoms with Gasteiger partial charge in [0.15, 0.2) is 11.6 Å². The Morgan fingerprint density at radius 1 is 1.44 bits per heavy atom. The van der Waals surface area contributed by atoms with Crippen LogP contribution in [0.5, 0.6) is 5.75 Å². The monoisotopic (exact) mass is 431 g/mol. The van der Waals surface area contributed by atoms with Gasteiger partial charge in [0.25, 0.3) is 0 Å². The maximum atomic E-state index is 14.1. The predicted molar refractivity (Wildman–Crippen MR) is 120 cm³/mol. The fraction of sp³-hybridized carbons (Fsp3) is 0.217. The first-order chi connectivity index (χ1) is 15.4. The molecule has 1 atom stereocenters. The summed E-state index contributed by atoms with van der Waals surface area (Å²) < 4.78 is 21.8. The van der Waals surface area contributed by atoms with Gasteiger partial charge in [-0.3, -0.25) is 4.68 Å². The molecule has 0 saturated carbocycles. The molecule has 32 heavy (non-hydrogen) atoms. The Labute approximate surface area is 184 Å². The average molecular weight is 431 g/mol. The van der Waals surface area contributed by atoms with Crippen LogP contribution in [0, 0.1) is 22.6 Å². The minimum absolute atomic E-state index is 0.191. The molecule has 9 heteroatoms. The van der Waals surface area contributed by atoms with Crippen LogP contribution in [-0.4, -0.2) is 21.0 Å². The number of nitrogens with zero attached hydrogens (tertiary/aromatic N) is 4. The van der Waals surface area contributed by atoms with E-state index in [-0.39, 0.29) is 5.82 Å². The van der Waals surface area contributed by atoms with Crippen molar-refractivity contribution >= 4 is 17.7 Å². The van der Waals surface area contributed by atoms with Crippen molar-refractivity contribution < 1.29 is 9.13 Å². The summed E-state index contributed by atoms with van der Waals surface area (Å²) in [5.41, 5.74) is 10.3. The van der Waals surface area contributed by atoms with Crippen LogP contribution in [0.1, 0.15) is 36.9 Å². The van der Waals surface area contributed by atoms with Gasteiger partial charge < -0.3 is 21.2 Å². The lowest BCUT2D eigenvalue weighted by molar-refractivity contribution is 0.228. The van der Waals surface area contributed by atoms with Crippen LogP contribution < -0.4 is 15.8 Å². The molecular weight excluding hydrogens is 409 g/mol. The lowest BCUT2D eigenvalue weighted by Crippen LogP contribution is -2.12. The molecule has 162 valence electrons. The number of allylic oxidation sites excluding steroid dienone is 2. The van der Waals surface area contributed by atoms with Crippen molar-refractivity contribution in [2.45, 2.75) is 32.9 Å². The summed E-state index contributed by atoms with van der Waals surface area (Å²) in [5, 5.41) is 25.4. The van der Waals surface area contributed by atoms with E-state index in [1.54, 1.807) is 36.0 Å². The molecule has 0 saturated heterocycles. The first kappa shape index (κ1) is 21.1. The number of pyridine rings is 1. The van der Waals surface area contributed by atoms with Gasteiger partial charge in [0, 0.05) is 53.5 Å². The Kier molecular flexibility index (Phi) is 5.60. The molecule has 1 aliphatic heterocycles. The molecule has 0 amide bonds. The lowest BCUT2D eigenvalue weighted by atomic mass is 10.0. The van der Waals surface area contributed by atoms with Crippen molar-refractivity contribution in [2.24, 2.45) is 0 Å². The third kappa shape index (κ3) is 3.78. The summed E-state index contributed by atoms with van der Waals surface area (Å²) in [4.78, 5) is 4.27. The van der Waals surface area contributed by atoms with Crippen LogP contribution in [0.25, 0.3) is 11.1 Å². The number of fused-ring (bicyclic) bond motifs is 5. The van der Waals surface area contributed by atoms with Gasteiger partial charge in [-0.25, -0.2) is 9.37 Å². The van der Waals surface area contributed by atoms with Crippen LogP contribution in [-0.2, 0) is 13.0 Å². The topological polar surface area (TPSA) is 126 Å². The molecule has 2 bridgehead atoms. The lowest BCUT2D eigenvalue weighted by Gasteiger charge is -2.22. The molecule has 0 radical (unpaired) electrons. The van der Waals surface area contributed by atoms with Crippen molar-refractivity contribution in [3.05, 3.63) is 65.0 Å². The predicted octanol–water partition coefficient (Wildman–Crippen LogP) is 4.20. The van der Waals surface area contributed by atoms with Crippen molar-refractivity contribution in [1.29, 1.82) is 10.7 Å². The molecule has 2 aromatic heterocycles. The van der Waals surface area contributed by atoms with Crippen LogP contribution in [0.4, 0.5) is 15.9 Å². The number of anilines is 2. The summed E-state index contributed by atoms with van der Waals surface area (Å²) in [5.74, 6) is 0.129. The fourth-order valence-corrected chi connectivity index (χ4v) is 3.80. The zero-order chi connectivity index (χ0) is 22.8. The molecule has 0 fully saturated rings. The van der Waals surface area contributed by atoms with Gasteiger partial charge in [-0.2, -0.15) is 10.4 Å². The highest BCUT2D eigenvalue weighted by atomic mass is 19.1. The summed E-state index contributed by atoms with van der Waals surface area (Å²) in [6, 6.07) is 8.35. The first-order valence-electron chi connectivity index (χ1n) is 10.1. The zero-order valence-corrected chi connectivity index (χ0v) is 17.7. The highest BCUT2D eigenvalue weighted by Gasteiger charge is 2.24. The number of nitriles is 1. The Hall–Kier alpha value is -4.19. The number of nitrogens with two attached hydrogens (primary N) is 1. The number of hydrogen-bond acceptors (Lipinski definition) is 7. The van der Waals surface area contributed by atoms with Crippen molar-refractivity contribution in [3.8, 4) is 22.9 Å². The average Bonchev–Trinajstić information content (AvgIpc) is 3.13. The van der Waals surface area contributed by atoms with Gasteiger partial charge in [-0.15, -0.1) is 0 Å². The quantitative estimate of drug-likeness (QED) is 0.522. The molecule has 0 aliphatic carbocycles. The van der Waals surface area contributed by atoms with Crippen molar-refractivity contribution in [3.63, 3.8) is 0 Å². The van der Waals surface area contributed by atoms with Gasteiger partial charge in [0.1, 0.15) is 23.7 Å². The van der Waals surface area contributed by atoms with E-state index in [9.17, 15) is 9.65 Å². The number of aryl methyl sites for hydroxylation is 1. The van der Waals surface area contributed by atoms with E-state index in [4.69, 9.17) is 15.9 Å². The number of ether oxygens (including phenoxy) is 1. The van der Waals surface area contributed by atoms with Gasteiger partial charge in [0.2, 0.25) is 0 Å². The Morgan fingerprint density at radius 3 is 2.97 bits per heavy atom. The number of halogens is 1. The second-order valence-electron chi connectivity index (χ2n) is 7.36. The van der Waals surface area contributed by atoms with Crippen molar-refractivity contribution in [1.82, 2.24) is 14.8 Å². The van der Waals surface area contributed by atoms with E-state index in [0.717, 1.165) is 0 Å². The maximum Gasteiger partial charge on any atom is 0.166 e. The highest BCUT2D eigenvalue weighted by Crippen LogP contribution is 2.37. The van der Waals surface area contributed by atoms with Crippen LogP contribution in [0.2, 0.25) is 0 Å². The van der Waals surface area contributed by atoms with E-state index >= 15 is 0 Å². The molecule has 1 aromatic carbocycles. The van der Waals surface area contributed by atoms with Crippen LogP contribution in [0.3, 0.4) is 0 Å². The third-order valence-corrected chi connectivity index (χ3v) is 5.29. The fourth-order valence-electron chi connectivity index (χ4n) is 3.80. The van der Waals surface area contributed by atoms with E-state index in [2.05, 4.69) is 21.5 Å². The number of nitrogen functional groups attached to an aromatic ring is 1. The standard InChI is InChI=1S/C23H22FN7O/c1-3-31-20(11-26)22-14-8-21(23(27)28-12-14)32-13(2)17-9-15(24)4-5-18(17)29-16(6-7-25)10-19(22)30-31/h4-9,12-13,25,29H,3,10H2,1-2H3,(H2,27,28)/b16-6-,25-7?/t13-/m1/s1. The summed E-state index contributed by atoms with van der Waals surface area (Å²) in [7, 11) is 0. The molecule has 0 unspecified atom stereocenters. The van der Waals surface area contributed by atoms with Gasteiger partial charge in [-0.05, 0) is 44.2 Å². The summed E-state index contributed by atoms with van der Waals surface area (Å²) >= 11 is 0. The van der Waals surface area contributed by atoms with Gasteiger partial charge >= 0.3 is 0 Å². The number of benzene rings is 1. The molecule has 3 aromatic rings. The molecular formula is C23H22FN7O. The zero-order valence-electron chi connectivity index (χ0n) is 17.7. The normalized spacial score (nSPS) is 16.4. The number of nitrogens with one attached hydrogen (secondary N) is 2. The Bertz CT molecular complexity index is 1270. The number of hydrogen-bond donors (Lipinski definition) is 3.